The number of aryl methyl sites for hydroxylation is 3. The lowest BCUT2D eigenvalue weighted by atomic mass is 10.1. The molecule has 5 heteroatoms. The lowest BCUT2D eigenvalue weighted by molar-refractivity contribution is -0.118. The van der Waals surface area contributed by atoms with Gasteiger partial charge in [-0.2, -0.15) is 0 Å². The van der Waals surface area contributed by atoms with Gasteiger partial charge in [-0.15, -0.1) is 0 Å². The van der Waals surface area contributed by atoms with Gasteiger partial charge < -0.3 is 15.5 Å². The Kier molecular flexibility index (Phi) is 4.98. The van der Waals surface area contributed by atoms with Crippen LogP contribution in [0.2, 0.25) is 0 Å². The number of carbonyl (C=O) groups is 2. The van der Waals surface area contributed by atoms with Crippen molar-refractivity contribution < 1.29 is 9.59 Å². The van der Waals surface area contributed by atoms with Crippen LogP contribution < -0.4 is 15.5 Å². The highest BCUT2D eigenvalue weighted by Gasteiger charge is 2.33. The first-order chi connectivity index (χ1) is 12.4. The van der Waals surface area contributed by atoms with E-state index in [1.165, 1.54) is 5.56 Å². The number of hydrogen-bond donors (Lipinski definition) is 2. The van der Waals surface area contributed by atoms with Gasteiger partial charge in [-0.25, -0.2) is 4.79 Å². The third-order valence-electron chi connectivity index (χ3n) is 5.17. The molecule has 5 nitrogen and oxygen atoms in total. The molecule has 0 saturated carbocycles. The molecule has 1 fully saturated rings. The van der Waals surface area contributed by atoms with Gasteiger partial charge in [-0.1, -0.05) is 18.2 Å². The molecule has 1 aliphatic rings. The number of nitrogens with one attached hydrogen (secondary N) is 2. The molecule has 3 rings (SSSR count). The van der Waals surface area contributed by atoms with Crippen LogP contribution in [-0.2, 0) is 4.79 Å². The van der Waals surface area contributed by atoms with Gasteiger partial charge in [0.15, 0.2) is 0 Å². The van der Waals surface area contributed by atoms with E-state index in [1.54, 1.807) is 4.90 Å². The average molecular weight is 351 g/mol. The number of nitrogens with zero attached hydrogens (tertiary/aromatic N) is 1. The largest absolute Gasteiger partial charge is 0.326 e. The first kappa shape index (κ1) is 18.0. The first-order valence-corrected chi connectivity index (χ1v) is 8.89. The van der Waals surface area contributed by atoms with Crippen LogP contribution in [0.4, 0.5) is 16.2 Å². The minimum absolute atomic E-state index is 0.0654. The van der Waals surface area contributed by atoms with Crippen LogP contribution in [0.1, 0.15) is 28.7 Å². The Balaban J connectivity index is 1.66. The van der Waals surface area contributed by atoms with E-state index >= 15 is 0 Å². The number of benzene rings is 2. The third kappa shape index (κ3) is 3.57. The van der Waals surface area contributed by atoms with Gasteiger partial charge in [0.1, 0.15) is 6.04 Å². The molecular weight excluding hydrogens is 326 g/mol. The van der Waals surface area contributed by atoms with Crippen molar-refractivity contribution in [1.29, 1.82) is 0 Å². The molecule has 0 aliphatic carbocycles. The molecule has 1 heterocycles. The van der Waals surface area contributed by atoms with Crippen LogP contribution in [0.5, 0.6) is 0 Å². The van der Waals surface area contributed by atoms with E-state index in [4.69, 9.17) is 0 Å². The molecule has 0 radical (unpaired) electrons. The summed E-state index contributed by atoms with van der Waals surface area (Å²) < 4.78 is 0. The second-order valence-corrected chi connectivity index (χ2v) is 6.95. The molecule has 2 aromatic rings. The Morgan fingerprint density at radius 3 is 2.54 bits per heavy atom. The number of carbonyl (C=O) groups excluding carboxylic acids is 2. The molecule has 3 amide bonds. The first-order valence-electron chi connectivity index (χ1n) is 8.89. The van der Waals surface area contributed by atoms with Crippen molar-refractivity contribution in [3.05, 3.63) is 58.7 Å². The molecule has 0 aromatic heterocycles. The highest BCUT2D eigenvalue weighted by molar-refractivity contribution is 6.02. The molecule has 0 spiro atoms. The molecule has 1 saturated heterocycles. The van der Waals surface area contributed by atoms with Gasteiger partial charge in [0.05, 0.1) is 0 Å². The summed E-state index contributed by atoms with van der Waals surface area (Å²) in [6.07, 6.45) is 0.603. The molecule has 26 heavy (non-hydrogen) atoms. The molecule has 2 aromatic carbocycles. The predicted molar refractivity (Wildman–Crippen MR) is 105 cm³/mol. The second kappa shape index (κ2) is 7.20. The van der Waals surface area contributed by atoms with Crippen molar-refractivity contribution in [1.82, 2.24) is 5.32 Å². The maximum atomic E-state index is 12.7. The fourth-order valence-corrected chi connectivity index (χ4v) is 3.17. The van der Waals surface area contributed by atoms with Gasteiger partial charge in [0, 0.05) is 17.9 Å². The summed E-state index contributed by atoms with van der Waals surface area (Å²) in [5.74, 6) is -0.0654. The zero-order valence-corrected chi connectivity index (χ0v) is 15.7. The topological polar surface area (TPSA) is 61.4 Å². The van der Waals surface area contributed by atoms with Crippen molar-refractivity contribution >= 4 is 23.3 Å². The fraction of sp³-hybridized carbons (Fsp3) is 0.333. The normalized spacial score (nSPS) is 16.7. The summed E-state index contributed by atoms with van der Waals surface area (Å²) in [6.45, 7) is 8.66. The van der Waals surface area contributed by atoms with Crippen LogP contribution in [0.3, 0.4) is 0 Å². The minimum Gasteiger partial charge on any atom is -0.326 e. The number of anilines is 2. The van der Waals surface area contributed by atoms with Crippen molar-refractivity contribution in [2.24, 2.45) is 0 Å². The maximum Gasteiger partial charge on any atom is 0.319 e. The van der Waals surface area contributed by atoms with Crippen molar-refractivity contribution in [2.45, 2.75) is 40.2 Å². The monoisotopic (exact) mass is 351 g/mol. The van der Waals surface area contributed by atoms with E-state index < -0.39 is 6.04 Å². The molecule has 136 valence electrons. The van der Waals surface area contributed by atoms with Crippen LogP contribution in [0, 0.1) is 27.7 Å². The quantitative estimate of drug-likeness (QED) is 0.882. The maximum absolute atomic E-state index is 12.7. The summed E-state index contributed by atoms with van der Waals surface area (Å²) >= 11 is 0. The van der Waals surface area contributed by atoms with Crippen molar-refractivity contribution in [3.63, 3.8) is 0 Å². The summed E-state index contributed by atoms with van der Waals surface area (Å²) in [4.78, 5) is 26.8. The number of rotatable bonds is 3. The van der Waals surface area contributed by atoms with E-state index in [-0.39, 0.29) is 11.9 Å². The number of hydrogen-bond acceptors (Lipinski definition) is 2. The van der Waals surface area contributed by atoms with Crippen LogP contribution in [0.15, 0.2) is 36.4 Å². The van der Waals surface area contributed by atoms with Gasteiger partial charge in [-0.05, 0) is 74.6 Å². The number of amides is 3. The Labute approximate surface area is 154 Å². The van der Waals surface area contributed by atoms with Gasteiger partial charge >= 0.3 is 6.03 Å². The molecule has 1 aliphatic heterocycles. The van der Waals surface area contributed by atoms with Gasteiger partial charge in [0.25, 0.3) is 0 Å². The van der Waals surface area contributed by atoms with Crippen LogP contribution in [0.25, 0.3) is 0 Å². The van der Waals surface area contributed by atoms with E-state index in [1.807, 2.05) is 64.1 Å². The lowest BCUT2D eigenvalue weighted by Crippen LogP contribution is -2.43. The fourth-order valence-electron chi connectivity index (χ4n) is 3.17. The molecular formula is C21H25N3O2. The van der Waals surface area contributed by atoms with Crippen LogP contribution in [-0.4, -0.2) is 24.5 Å². The minimum atomic E-state index is -0.498. The Morgan fingerprint density at radius 1 is 1.04 bits per heavy atom. The highest BCUT2D eigenvalue weighted by Crippen LogP contribution is 2.24. The van der Waals surface area contributed by atoms with E-state index in [9.17, 15) is 9.59 Å². The highest BCUT2D eigenvalue weighted by atomic mass is 16.2. The zero-order valence-electron chi connectivity index (χ0n) is 15.7. The SMILES string of the molecule is Cc1ccc(N2CC[C@@H](NC(=O)Nc3cccc(C)c3C)C2=O)cc1C. The summed E-state index contributed by atoms with van der Waals surface area (Å²) in [6, 6.07) is 10.9. The summed E-state index contributed by atoms with van der Waals surface area (Å²) in [5, 5.41) is 5.66. The van der Waals surface area contributed by atoms with Gasteiger partial charge in [0.2, 0.25) is 5.91 Å². The Bertz CT molecular complexity index is 860. The molecule has 0 unspecified atom stereocenters. The number of urea groups is 1. The standard InChI is InChI=1S/C21H25N3O2/c1-13-8-9-17(12-15(13)3)24-11-10-19(20(24)25)23-21(26)22-18-7-5-6-14(2)16(18)4/h5-9,12,19H,10-11H2,1-4H3,(H2,22,23,26)/t19-/m1/s1. The smallest absolute Gasteiger partial charge is 0.319 e. The van der Waals surface area contributed by atoms with Crippen LogP contribution >= 0.6 is 0 Å². The van der Waals surface area contributed by atoms with Crippen molar-refractivity contribution in [2.75, 3.05) is 16.8 Å². The van der Waals surface area contributed by atoms with E-state index in [0.29, 0.717) is 13.0 Å². The summed E-state index contributed by atoms with van der Waals surface area (Å²) in [5.41, 5.74) is 6.14. The Morgan fingerprint density at radius 2 is 1.81 bits per heavy atom. The average Bonchev–Trinajstić information content (AvgIpc) is 2.95. The van der Waals surface area contributed by atoms with Crippen molar-refractivity contribution in [3.8, 4) is 0 Å². The molecule has 2 N–H and O–H groups in total. The summed E-state index contributed by atoms with van der Waals surface area (Å²) in [7, 11) is 0. The van der Waals surface area contributed by atoms with E-state index in [2.05, 4.69) is 10.6 Å². The van der Waals surface area contributed by atoms with E-state index in [0.717, 1.165) is 28.1 Å². The molecule has 1 atom stereocenters. The second-order valence-electron chi connectivity index (χ2n) is 6.95. The Hall–Kier alpha value is -2.82. The lowest BCUT2D eigenvalue weighted by Gasteiger charge is -2.19. The molecule has 0 bridgehead atoms. The third-order valence-corrected chi connectivity index (χ3v) is 5.17. The zero-order chi connectivity index (χ0) is 18.8. The predicted octanol–water partition coefficient (Wildman–Crippen LogP) is 3.85. The van der Waals surface area contributed by atoms with Gasteiger partial charge in [-0.3, -0.25) is 4.79 Å².